The molecule has 5 nitrogen and oxygen atoms in total. The van der Waals surface area contributed by atoms with Gasteiger partial charge >= 0.3 is 5.97 Å². The average molecular weight is 261 g/mol. The number of non-ortho nitro benzene ring substituents is 1. The fourth-order valence-corrected chi connectivity index (χ4v) is 3.16. The molecule has 0 radical (unpaired) electrons. The first-order valence-electron chi connectivity index (χ1n) is 6.63. The summed E-state index contributed by atoms with van der Waals surface area (Å²) >= 11 is 0. The van der Waals surface area contributed by atoms with Crippen LogP contribution in [0.3, 0.4) is 0 Å². The number of benzene rings is 1. The van der Waals surface area contributed by atoms with Gasteiger partial charge in [0.15, 0.2) is 0 Å². The highest BCUT2D eigenvalue weighted by Crippen LogP contribution is 2.55. The van der Waals surface area contributed by atoms with Crippen LogP contribution in [0.2, 0.25) is 0 Å². The molecule has 0 aliphatic heterocycles. The van der Waals surface area contributed by atoms with Gasteiger partial charge in [0.1, 0.15) is 5.75 Å². The van der Waals surface area contributed by atoms with Crippen LogP contribution in [0.1, 0.15) is 25.7 Å². The van der Waals surface area contributed by atoms with Crippen LogP contribution >= 0.6 is 0 Å². The zero-order valence-electron chi connectivity index (χ0n) is 10.5. The molecule has 100 valence electrons. The summed E-state index contributed by atoms with van der Waals surface area (Å²) in [5.74, 6) is 1.29. The maximum absolute atomic E-state index is 12.0. The number of nitrogens with zero attached hydrogens (tertiary/aromatic N) is 1. The van der Waals surface area contributed by atoms with Crippen LogP contribution in [-0.4, -0.2) is 10.9 Å². The standard InChI is InChI=1S/C14H15NO4/c16-14(13-11-3-1-2-4-12(11)13)19-10-7-5-9(6-8-10)15(17)18/h5-8,11-13H,1-4H2/t11-,12-/m0/s1. The van der Waals surface area contributed by atoms with Crippen LogP contribution in [0, 0.1) is 27.9 Å². The number of carbonyl (C=O) groups excluding carboxylic acids is 1. The highest BCUT2D eigenvalue weighted by atomic mass is 16.6. The van der Waals surface area contributed by atoms with Crippen molar-refractivity contribution >= 4 is 11.7 Å². The molecule has 2 saturated carbocycles. The first-order chi connectivity index (χ1) is 9.16. The molecular weight excluding hydrogens is 246 g/mol. The molecule has 0 amide bonds. The van der Waals surface area contributed by atoms with E-state index in [1.165, 1.54) is 37.1 Å². The Bertz CT molecular complexity index is 499. The van der Waals surface area contributed by atoms with E-state index in [-0.39, 0.29) is 17.6 Å². The predicted octanol–water partition coefficient (Wildman–Crippen LogP) is 2.94. The van der Waals surface area contributed by atoms with Crippen LogP contribution in [0.4, 0.5) is 5.69 Å². The Morgan fingerprint density at radius 1 is 1.16 bits per heavy atom. The molecule has 1 aromatic rings. The topological polar surface area (TPSA) is 69.4 Å². The third-order valence-corrected chi connectivity index (χ3v) is 4.19. The van der Waals surface area contributed by atoms with E-state index < -0.39 is 4.92 Å². The number of carbonyl (C=O) groups is 1. The van der Waals surface area contributed by atoms with Crippen molar-refractivity contribution in [3.63, 3.8) is 0 Å². The molecule has 2 fully saturated rings. The number of fused-ring (bicyclic) bond motifs is 1. The summed E-state index contributed by atoms with van der Waals surface area (Å²) in [6.45, 7) is 0. The number of ether oxygens (including phenoxy) is 1. The van der Waals surface area contributed by atoms with E-state index in [1.807, 2.05) is 0 Å². The van der Waals surface area contributed by atoms with Gasteiger partial charge in [-0.15, -0.1) is 0 Å². The Morgan fingerprint density at radius 2 is 1.74 bits per heavy atom. The van der Waals surface area contributed by atoms with Crippen LogP contribution in [0.25, 0.3) is 0 Å². The Labute approximate surface area is 110 Å². The van der Waals surface area contributed by atoms with Crippen molar-refractivity contribution in [3.05, 3.63) is 34.4 Å². The number of hydrogen-bond donors (Lipinski definition) is 0. The number of hydrogen-bond acceptors (Lipinski definition) is 4. The third kappa shape index (κ3) is 2.32. The Balaban J connectivity index is 1.62. The van der Waals surface area contributed by atoms with Crippen molar-refractivity contribution in [3.8, 4) is 5.75 Å². The molecule has 0 bridgehead atoms. The van der Waals surface area contributed by atoms with Crippen molar-refractivity contribution in [2.75, 3.05) is 0 Å². The predicted molar refractivity (Wildman–Crippen MR) is 67.7 cm³/mol. The van der Waals surface area contributed by atoms with Gasteiger partial charge in [-0.2, -0.15) is 0 Å². The summed E-state index contributed by atoms with van der Waals surface area (Å²) in [5, 5.41) is 10.5. The summed E-state index contributed by atoms with van der Waals surface area (Å²) in [7, 11) is 0. The van der Waals surface area contributed by atoms with E-state index in [0.717, 1.165) is 12.8 Å². The Morgan fingerprint density at radius 3 is 2.26 bits per heavy atom. The van der Waals surface area contributed by atoms with Crippen molar-refractivity contribution in [2.24, 2.45) is 17.8 Å². The second-order valence-corrected chi connectivity index (χ2v) is 5.31. The lowest BCUT2D eigenvalue weighted by molar-refractivity contribution is -0.384. The van der Waals surface area contributed by atoms with Crippen molar-refractivity contribution in [2.45, 2.75) is 25.7 Å². The second-order valence-electron chi connectivity index (χ2n) is 5.31. The number of rotatable bonds is 3. The molecule has 0 heterocycles. The lowest BCUT2D eigenvalue weighted by Gasteiger charge is -2.04. The van der Waals surface area contributed by atoms with Gasteiger partial charge in [0.2, 0.25) is 0 Å². The fourth-order valence-electron chi connectivity index (χ4n) is 3.16. The zero-order valence-corrected chi connectivity index (χ0v) is 10.5. The second kappa shape index (κ2) is 4.64. The van der Waals surface area contributed by atoms with E-state index in [4.69, 9.17) is 4.74 Å². The maximum Gasteiger partial charge on any atom is 0.314 e. The van der Waals surface area contributed by atoms with Gasteiger partial charge in [0.25, 0.3) is 5.69 Å². The van der Waals surface area contributed by atoms with Crippen molar-refractivity contribution < 1.29 is 14.5 Å². The Kier molecular flexibility index (Phi) is 2.97. The van der Waals surface area contributed by atoms with Crippen molar-refractivity contribution in [1.29, 1.82) is 0 Å². The minimum atomic E-state index is -0.471. The number of nitro benzene ring substituents is 1. The van der Waals surface area contributed by atoms with Crippen molar-refractivity contribution in [1.82, 2.24) is 0 Å². The Hall–Kier alpha value is -1.91. The molecule has 2 atom stereocenters. The van der Waals surface area contributed by atoms with E-state index in [2.05, 4.69) is 0 Å². The number of nitro groups is 1. The molecule has 0 aromatic heterocycles. The quantitative estimate of drug-likeness (QED) is 0.363. The molecule has 3 rings (SSSR count). The number of esters is 1. The van der Waals surface area contributed by atoms with Crippen LogP contribution in [0.5, 0.6) is 5.75 Å². The van der Waals surface area contributed by atoms with Gasteiger partial charge in [-0.1, -0.05) is 12.8 Å². The minimum absolute atomic E-state index is 0.000102. The van der Waals surface area contributed by atoms with Crippen LogP contribution < -0.4 is 4.74 Å². The highest BCUT2D eigenvalue weighted by Gasteiger charge is 2.55. The molecule has 0 saturated heterocycles. The minimum Gasteiger partial charge on any atom is -0.426 e. The summed E-state index contributed by atoms with van der Waals surface area (Å²) in [5.41, 5.74) is -0.000102. The molecule has 5 heteroatoms. The molecule has 2 aliphatic carbocycles. The van der Waals surface area contributed by atoms with Gasteiger partial charge in [-0.05, 0) is 36.8 Å². The molecular formula is C14H15NO4. The first kappa shape index (κ1) is 12.1. The van der Waals surface area contributed by atoms with Crippen LogP contribution in [-0.2, 0) is 4.79 Å². The van der Waals surface area contributed by atoms with Gasteiger partial charge < -0.3 is 4.74 Å². The van der Waals surface area contributed by atoms with Gasteiger partial charge in [-0.3, -0.25) is 14.9 Å². The monoisotopic (exact) mass is 261 g/mol. The third-order valence-electron chi connectivity index (χ3n) is 4.19. The maximum atomic E-state index is 12.0. The van der Waals surface area contributed by atoms with E-state index in [0.29, 0.717) is 17.6 Å². The summed E-state index contributed by atoms with van der Waals surface area (Å²) in [6.07, 6.45) is 4.68. The van der Waals surface area contributed by atoms with Gasteiger partial charge in [0, 0.05) is 12.1 Å². The molecule has 0 unspecified atom stereocenters. The molecule has 1 aromatic carbocycles. The van der Waals surface area contributed by atoms with Crippen LogP contribution in [0.15, 0.2) is 24.3 Å². The molecule has 0 N–H and O–H groups in total. The molecule has 19 heavy (non-hydrogen) atoms. The average Bonchev–Trinajstić information content (AvgIpc) is 3.13. The highest BCUT2D eigenvalue weighted by molar-refractivity contribution is 5.79. The molecule has 2 aliphatic rings. The SMILES string of the molecule is O=C(Oc1ccc([N+](=O)[O-])cc1)C1[C@H]2CCCC[C@H]12. The summed E-state index contributed by atoms with van der Waals surface area (Å²) < 4.78 is 5.30. The van der Waals surface area contributed by atoms with E-state index >= 15 is 0 Å². The summed E-state index contributed by atoms with van der Waals surface area (Å²) in [6, 6.07) is 5.65. The van der Waals surface area contributed by atoms with Gasteiger partial charge in [-0.25, -0.2) is 0 Å². The largest absolute Gasteiger partial charge is 0.426 e. The smallest absolute Gasteiger partial charge is 0.314 e. The van der Waals surface area contributed by atoms with Gasteiger partial charge in [0.05, 0.1) is 10.8 Å². The van der Waals surface area contributed by atoms with E-state index in [1.54, 1.807) is 0 Å². The lowest BCUT2D eigenvalue weighted by Crippen LogP contribution is -2.12. The lowest BCUT2D eigenvalue weighted by atomic mass is 10.0. The molecule has 0 spiro atoms. The fraction of sp³-hybridized carbons (Fsp3) is 0.500. The summed E-state index contributed by atoms with van der Waals surface area (Å²) in [4.78, 5) is 22.1. The van der Waals surface area contributed by atoms with E-state index in [9.17, 15) is 14.9 Å². The zero-order chi connectivity index (χ0) is 13.4. The first-order valence-corrected chi connectivity index (χ1v) is 6.63. The normalized spacial score (nSPS) is 28.3.